The van der Waals surface area contributed by atoms with Crippen LogP contribution >= 0.6 is 0 Å². The second kappa shape index (κ2) is 8.08. The van der Waals surface area contributed by atoms with Crippen LogP contribution in [0.4, 0.5) is 0 Å². The second-order valence-corrected chi connectivity index (χ2v) is 4.95. The lowest BCUT2D eigenvalue weighted by Gasteiger charge is -2.23. The van der Waals surface area contributed by atoms with Crippen LogP contribution in [0.25, 0.3) is 0 Å². The first-order valence-electron chi connectivity index (χ1n) is 5.90. The molecule has 0 heterocycles. The minimum atomic E-state index is -0.645. The van der Waals surface area contributed by atoms with Crippen LogP contribution in [-0.2, 0) is 4.74 Å². The number of ether oxygens (including phenoxy) is 1. The highest BCUT2D eigenvalue weighted by atomic mass is 16.5. The van der Waals surface area contributed by atoms with E-state index in [1.54, 1.807) is 7.11 Å². The molecule has 0 aliphatic heterocycles. The summed E-state index contributed by atoms with van der Waals surface area (Å²) in [4.78, 5) is 0. The second-order valence-electron chi connectivity index (χ2n) is 4.95. The lowest BCUT2D eigenvalue weighted by atomic mass is 10.0. The van der Waals surface area contributed by atoms with Crippen molar-refractivity contribution in [3.63, 3.8) is 0 Å². The van der Waals surface area contributed by atoms with Gasteiger partial charge in [0.2, 0.25) is 0 Å². The molecule has 15 heavy (non-hydrogen) atoms. The van der Waals surface area contributed by atoms with Gasteiger partial charge in [0, 0.05) is 26.7 Å². The van der Waals surface area contributed by atoms with Gasteiger partial charge in [-0.3, -0.25) is 0 Å². The van der Waals surface area contributed by atoms with E-state index in [1.807, 2.05) is 6.92 Å². The average Bonchev–Trinajstić information content (AvgIpc) is 2.14. The van der Waals surface area contributed by atoms with E-state index in [1.165, 1.54) is 12.8 Å². The maximum Gasteiger partial charge on any atom is 0.0765 e. The van der Waals surface area contributed by atoms with E-state index in [9.17, 15) is 5.11 Å². The van der Waals surface area contributed by atoms with Crippen molar-refractivity contribution >= 4 is 0 Å². The van der Waals surface area contributed by atoms with Gasteiger partial charge in [-0.15, -0.1) is 0 Å². The number of aliphatic hydroxyl groups is 1. The van der Waals surface area contributed by atoms with E-state index in [4.69, 9.17) is 4.74 Å². The van der Waals surface area contributed by atoms with Crippen LogP contribution in [-0.4, -0.2) is 37.5 Å². The molecule has 0 aromatic heterocycles. The molecular formula is C12H27NO2. The van der Waals surface area contributed by atoms with Crippen LogP contribution in [0.3, 0.4) is 0 Å². The van der Waals surface area contributed by atoms with Crippen molar-refractivity contribution in [2.24, 2.45) is 5.92 Å². The van der Waals surface area contributed by atoms with Crippen LogP contribution in [0.1, 0.15) is 40.0 Å². The SMILES string of the molecule is COCCC(C)(O)CNCCCC(C)C. The normalized spacial score (nSPS) is 15.6. The number of rotatable bonds is 9. The van der Waals surface area contributed by atoms with Crippen LogP contribution in [0.2, 0.25) is 0 Å². The predicted molar refractivity (Wildman–Crippen MR) is 64.1 cm³/mol. The highest BCUT2D eigenvalue weighted by Crippen LogP contribution is 2.08. The van der Waals surface area contributed by atoms with Gasteiger partial charge in [0.1, 0.15) is 0 Å². The molecule has 3 heteroatoms. The molecular weight excluding hydrogens is 190 g/mol. The molecule has 0 amide bonds. The molecule has 0 saturated heterocycles. The molecule has 0 rings (SSSR count). The first-order chi connectivity index (χ1) is 6.98. The van der Waals surface area contributed by atoms with E-state index < -0.39 is 5.60 Å². The van der Waals surface area contributed by atoms with E-state index >= 15 is 0 Å². The molecule has 3 nitrogen and oxygen atoms in total. The summed E-state index contributed by atoms with van der Waals surface area (Å²) in [5.41, 5.74) is -0.645. The maximum absolute atomic E-state index is 9.91. The molecule has 0 saturated carbocycles. The van der Waals surface area contributed by atoms with Crippen molar-refractivity contribution in [3.05, 3.63) is 0 Å². The standard InChI is InChI=1S/C12H27NO2/c1-11(2)6-5-8-13-10-12(3,14)7-9-15-4/h11,13-14H,5-10H2,1-4H3. The lowest BCUT2D eigenvalue weighted by Crippen LogP contribution is -2.39. The minimum absolute atomic E-state index is 0.612. The van der Waals surface area contributed by atoms with Gasteiger partial charge < -0.3 is 15.2 Å². The lowest BCUT2D eigenvalue weighted by molar-refractivity contribution is 0.0250. The summed E-state index contributed by atoms with van der Waals surface area (Å²) >= 11 is 0. The Morgan fingerprint density at radius 1 is 1.40 bits per heavy atom. The molecule has 0 aliphatic carbocycles. The van der Waals surface area contributed by atoms with Crippen LogP contribution in [0.5, 0.6) is 0 Å². The Morgan fingerprint density at radius 3 is 2.60 bits per heavy atom. The zero-order chi connectivity index (χ0) is 11.7. The molecule has 0 spiro atoms. The molecule has 0 bridgehead atoms. The first kappa shape index (κ1) is 14.9. The number of hydrogen-bond donors (Lipinski definition) is 2. The molecule has 1 unspecified atom stereocenters. The van der Waals surface area contributed by atoms with E-state index in [2.05, 4.69) is 19.2 Å². The Bertz CT molecular complexity index is 147. The Labute approximate surface area is 94.2 Å². The van der Waals surface area contributed by atoms with Crippen molar-refractivity contribution in [1.29, 1.82) is 0 Å². The summed E-state index contributed by atoms with van der Waals surface area (Å²) in [6.45, 7) is 8.56. The van der Waals surface area contributed by atoms with Gasteiger partial charge >= 0.3 is 0 Å². The Morgan fingerprint density at radius 2 is 2.07 bits per heavy atom. The molecule has 2 N–H and O–H groups in total. The maximum atomic E-state index is 9.91. The fourth-order valence-corrected chi connectivity index (χ4v) is 1.40. The van der Waals surface area contributed by atoms with Gasteiger partial charge in [0.25, 0.3) is 0 Å². The highest BCUT2D eigenvalue weighted by molar-refractivity contribution is 4.74. The summed E-state index contributed by atoms with van der Waals surface area (Å²) < 4.78 is 4.95. The Hall–Kier alpha value is -0.120. The van der Waals surface area contributed by atoms with Gasteiger partial charge in [-0.05, 0) is 32.2 Å². The number of hydrogen-bond acceptors (Lipinski definition) is 3. The molecule has 0 aromatic carbocycles. The van der Waals surface area contributed by atoms with Gasteiger partial charge in [0.15, 0.2) is 0 Å². The molecule has 0 aliphatic rings. The van der Waals surface area contributed by atoms with Gasteiger partial charge in [0.05, 0.1) is 5.60 Å². The third-order valence-corrected chi connectivity index (χ3v) is 2.49. The third kappa shape index (κ3) is 10.2. The third-order valence-electron chi connectivity index (χ3n) is 2.49. The average molecular weight is 217 g/mol. The largest absolute Gasteiger partial charge is 0.389 e. The first-order valence-corrected chi connectivity index (χ1v) is 5.90. The van der Waals surface area contributed by atoms with E-state index in [-0.39, 0.29) is 0 Å². The predicted octanol–water partition coefficient (Wildman–Crippen LogP) is 1.80. The Kier molecular flexibility index (Phi) is 8.02. The summed E-state index contributed by atoms with van der Waals surface area (Å²) in [5, 5.41) is 13.2. The topological polar surface area (TPSA) is 41.5 Å². The smallest absolute Gasteiger partial charge is 0.0765 e. The molecule has 0 fully saturated rings. The molecule has 0 aromatic rings. The van der Waals surface area contributed by atoms with Crippen LogP contribution in [0.15, 0.2) is 0 Å². The number of methoxy groups -OCH3 is 1. The quantitative estimate of drug-likeness (QED) is 0.579. The molecule has 1 atom stereocenters. The summed E-state index contributed by atoms with van der Waals surface area (Å²) in [7, 11) is 1.66. The molecule has 0 radical (unpaired) electrons. The monoisotopic (exact) mass is 217 g/mol. The van der Waals surface area contributed by atoms with Crippen LogP contribution in [0, 0.1) is 5.92 Å². The highest BCUT2D eigenvalue weighted by Gasteiger charge is 2.18. The van der Waals surface area contributed by atoms with E-state index in [0.29, 0.717) is 19.6 Å². The van der Waals surface area contributed by atoms with Gasteiger partial charge in [-0.1, -0.05) is 13.8 Å². The van der Waals surface area contributed by atoms with Gasteiger partial charge in [-0.2, -0.15) is 0 Å². The summed E-state index contributed by atoms with van der Waals surface area (Å²) in [6, 6.07) is 0. The summed E-state index contributed by atoms with van der Waals surface area (Å²) in [5.74, 6) is 0.765. The Balaban J connectivity index is 3.40. The fourth-order valence-electron chi connectivity index (χ4n) is 1.40. The van der Waals surface area contributed by atoms with Crippen molar-refractivity contribution in [1.82, 2.24) is 5.32 Å². The van der Waals surface area contributed by atoms with Crippen molar-refractivity contribution < 1.29 is 9.84 Å². The zero-order valence-corrected chi connectivity index (χ0v) is 10.7. The molecule has 92 valence electrons. The minimum Gasteiger partial charge on any atom is -0.389 e. The zero-order valence-electron chi connectivity index (χ0n) is 10.7. The fraction of sp³-hybridized carbons (Fsp3) is 1.00. The summed E-state index contributed by atoms with van der Waals surface area (Å²) in [6.07, 6.45) is 3.10. The van der Waals surface area contributed by atoms with E-state index in [0.717, 1.165) is 12.5 Å². The van der Waals surface area contributed by atoms with Gasteiger partial charge in [-0.25, -0.2) is 0 Å². The van der Waals surface area contributed by atoms with Crippen molar-refractivity contribution in [2.45, 2.75) is 45.6 Å². The van der Waals surface area contributed by atoms with Crippen molar-refractivity contribution in [2.75, 3.05) is 26.8 Å². The van der Waals surface area contributed by atoms with Crippen LogP contribution < -0.4 is 5.32 Å². The number of nitrogens with one attached hydrogen (secondary N) is 1. The van der Waals surface area contributed by atoms with Crippen molar-refractivity contribution in [3.8, 4) is 0 Å².